The number of carbonyl (C=O) groups is 1. The van der Waals surface area contributed by atoms with Gasteiger partial charge in [-0.05, 0) is 36.4 Å². The van der Waals surface area contributed by atoms with Crippen LogP contribution in [-0.4, -0.2) is 60.6 Å². The van der Waals surface area contributed by atoms with Crippen molar-refractivity contribution in [2.75, 3.05) is 40.0 Å². The lowest BCUT2D eigenvalue weighted by Crippen LogP contribution is -2.42. The van der Waals surface area contributed by atoms with Crippen molar-refractivity contribution in [1.29, 1.82) is 0 Å². The number of hydrogen-bond donors (Lipinski definition) is 0. The first-order valence-corrected chi connectivity index (χ1v) is 9.53. The first-order chi connectivity index (χ1) is 14.2. The first kappa shape index (κ1) is 19.0. The minimum Gasteiger partial charge on any atom is -0.484 e. The Kier molecular flexibility index (Phi) is 5.76. The van der Waals surface area contributed by atoms with Crippen LogP contribution >= 0.6 is 0 Å². The summed E-state index contributed by atoms with van der Waals surface area (Å²) >= 11 is 0. The van der Waals surface area contributed by atoms with Crippen molar-refractivity contribution in [2.45, 2.75) is 0 Å². The molecule has 29 heavy (non-hydrogen) atoms. The lowest BCUT2D eigenvalue weighted by molar-refractivity contribution is -0.137. The Hall–Kier alpha value is -3.32. The summed E-state index contributed by atoms with van der Waals surface area (Å²) in [6, 6.07) is 19.3. The number of para-hydroxylation sites is 1. The minimum absolute atomic E-state index is 0.0236. The van der Waals surface area contributed by atoms with Gasteiger partial charge >= 0.3 is 0 Å². The molecule has 1 aromatic heterocycles. The zero-order valence-corrected chi connectivity index (χ0v) is 16.3. The molecule has 0 atom stereocenters. The van der Waals surface area contributed by atoms with E-state index in [0.717, 1.165) is 16.9 Å². The molecule has 0 N–H and O–H groups in total. The highest BCUT2D eigenvalue weighted by Gasteiger charge is 2.17. The van der Waals surface area contributed by atoms with Gasteiger partial charge in [0.25, 0.3) is 5.91 Å². The van der Waals surface area contributed by atoms with E-state index in [1.807, 2.05) is 60.7 Å². The zero-order valence-electron chi connectivity index (χ0n) is 16.3. The quantitative estimate of drug-likeness (QED) is 0.644. The number of rotatable bonds is 6. The molecule has 1 fully saturated rings. The number of methoxy groups -OCH3 is 1. The predicted octanol–water partition coefficient (Wildman–Crippen LogP) is 2.79. The number of benzene rings is 2. The van der Waals surface area contributed by atoms with Gasteiger partial charge in [-0.15, -0.1) is 0 Å². The van der Waals surface area contributed by atoms with Crippen molar-refractivity contribution in [3.05, 3.63) is 60.7 Å². The molecule has 150 valence electrons. The van der Waals surface area contributed by atoms with Crippen molar-refractivity contribution in [3.8, 4) is 28.6 Å². The van der Waals surface area contributed by atoms with Crippen molar-refractivity contribution in [3.63, 3.8) is 0 Å². The van der Waals surface area contributed by atoms with Crippen LogP contribution in [0.2, 0.25) is 0 Å². The van der Waals surface area contributed by atoms with E-state index in [4.69, 9.17) is 14.2 Å². The maximum atomic E-state index is 12.2. The van der Waals surface area contributed by atoms with Crippen LogP contribution in [0, 0.1) is 0 Å². The molecule has 0 radical (unpaired) electrons. The van der Waals surface area contributed by atoms with Crippen LogP contribution in [0.15, 0.2) is 60.7 Å². The summed E-state index contributed by atoms with van der Waals surface area (Å²) in [7, 11) is 1.63. The fourth-order valence-corrected chi connectivity index (χ4v) is 3.18. The van der Waals surface area contributed by atoms with E-state index in [9.17, 15) is 4.79 Å². The standard InChI is InChI=1S/C22H23N3O4/c1-27-22-15-20(23-25(22)18-5-3-2-4-6-18)17-7-9-19(10-8-17)29-16-21(26)24-11-13-28-14-12-24/h2-10,15H,11-14,16H2,1H3. The van der Waals surface area contributed by atoms with E-state index < -0.39 is 0 Å². The van der Waals surface area contributed by atoms with Gasteiger partial charge in [0, 0.05) is 24.7 Å². The maximum absolute atomic E-state index is 12.2. The molecule has 0 aliphatic carbocycles. The van der Waals surface area contributed by atoms with Crippen LogP contribution in [0.4, 0.5) is 0 Å². The first-order valence-electron chi connectivity index (χ1n) is 9.53. The number of aromatic nitrogens is 2. The van der Waals surface area contributed by atoms with Crippen LogP contribution in [0.25, 0.3) is 16.9 Å². The monoisotopic (exact) mass is 393 g/mol. The maximum Gasteiger partial charge on any atom is 0.260 e. The normalized spacial score (nSPS) is 13.9. The Labute approximate surface area is 169 Å². The van der Waals surface area contributed by atoms with Gasteiger partial charge in [-0.3, -0.25) is 4.79 Å². The van der Waals surface area contributed by atoms with Crippen LogP contribution in [0.1, 0.15) is 0 Å². The van der Waals surface area contributed by atoms with Gasteiger partial charge in [0.1, 0.15) is 5.75 Å². The molecule has 2 heterocycles. The van der Waals surface area contributed by atoms with Gasteiger partial charge in [-0.25, -0.2) is 4.68 Å². The molecule has 1 amide bonds. The van der Waals surface area contributed by atoms with Crippen molar-refractivity contribution in [1.82, 2.24) is 14.7 Å². The molecule has 3 aromatic rings. The van der Waals surface area contributed by atoms with Gasteiger partial charge < -0.3 is 19.1 Å². The molecule has 0 saturated carbocycles. The second-order valence-corrected chi connectivity index (χ2v) is 6.63. The summed E-state index contributed by atoms with van der Waals surface area (Å²) in [4.78, 5) is 14.0. The molecule has 0 unspecified atom stereocenters. The molecule has 0 spiro atoms. The van der Waals surface area contributed by atoms with Gasteiger partial charge in [0.05, 0.1) is 31.7 Å². The average Bonchev–Trinajstić information content (AvgIpc) is 3.23. The molecular formula is C22H23N3O4. The lowest BCUT2D eigenvalue weighted by Gasteiger charge is -2.26. The number of carbonyl (C=O) groups excluding carboxylic acids is 1. The second kappa shape index (κ2) is 8.79. The summed E-state index contributed by atoms with van der Waals surface area (Å²) in [6.45, 7) is 2.43. The highest BCUT2D eigenvalue weighted by Crippen LogP contribution is 2.27. The SMILES string of the molecule is COc1cc(-c2ccc(OCC(=O)N3CCOCC3)cc2)nn1-c1ccccc1. The average molecular weight is 393 g/mol. The van der Waals surface area contributed by atoms with E-state index in [1.165, 1.54) is 0 Å². The molecule has 1 aliphatic heterocycles. The smallest absolute Gasteiger partial charge is 0.260 e. The Morgan fingerprint density at radius 3 is 2.48 bits per heavy atom. The number of hydrogen-bond acceptors (Lipinski definition) is 5. The summed E-state index contributed by atoms with van der Waals surface area (Å²) in [6.07, 6.45) is 0. The van der Waals surface area contributed by atoms with E-state index in [1.54, 1.807) is 16.7 Å². The minimum atomic E-state index is -0.0243. The number of amides is 1. The molecule has 1 saturated heterocycles. The van der Waals surface area contributed by atoms with E-state index in [0.29, 0.717) is 37.9 Å². The topological polar surface area (TPSA) is 65.8 Å². The number of nitrogens with zero attached hydrogens (tertiary/aromatic N) is 3. The molecule has 7 nitrogen and oxygen atoms in total. The molecule has 1 aliphatic rings. The predicted molar refractivity (Wildman–Crippen MR) is 108 cm³/mol. The van der Waals surface area contributed by atoms with Crippen LogP contribution in [0.5, 0.6) is 11.6 Å². The van der Waals surface area contributed by atoms with E-state index in [-0.39, 0.29) is 12.5 Å². The highest BCUT2D eigenvalue weighted by molar-refractivity contribution is 5.77. The van der Waals surface area contributed by atoms with Crippen LogP contribution in [0.3, 0.4) is 0 Å². The molecule has 2 aromatic carbocycles. The fourth-order valence-electron chi connectivity index (χ4n) is 3.18. The van der Waals surface area contributed by atoms with Crippen LogP contribution in [-0.2, 0) is 9.53 Å². The third-order valence-corrected chi connectivity index (χ3v) is 4.76. The Balaban J connectivity index is 1.44. The zero-order chi connectivity index (χ0) is 20.1. The van der Waals surface area contributed by atoms with Gasteiger partial charge in [-0.2, -0.15) is 5.10 Å². The summed E-state index contributed by atoms with van der Waals surface area (Å²) < 4.78 is 18.1. The molecule has 0 bridgehead atoms. The number of morpholine rings is 1. The molecule has 4 rings (SSSR count). The summed E-state index contributed by atoms with van der Waals surface area (Å²) in [5, 5.41) is 4.66. The van der Waals surface area contributed by atoms with E-state index in [2.05, 4.69) is 5.10 Å². The third kappa shape index (κ3) is 4.41. The summed E-state index contributed by atoms with van der Waals surface area (Å²) in [5.41, 5.74) is 2.66. The second-order valence-electron chi connectivity index (χ2n) is 6.63. The Morgan fingerprint density at radius 1 is 1.07 bits per heavy atom. The van der Waals surface area contributed by atoms with Gasteiger partial charge in [-0.1, -0.05) is 18.2 Å². The highest BCUT2D eigenvalue weighted by atomic mass is 16.5. The Bertz CT molecular complexity index is 948. The number of ether oxygens (including phenoxy) is 3. The molecular weight excluding hydrogens is 370 g/mol. The van der Waals surface area contributed by atoms with Crippen molar-refractivity contribution >= 4 is 5.91 Å². The third-order valence-electron chi connectivity index (χ3n) is 4.76. The lowest BCUT2D eigenvalue weighted by atomic mass is 10.1. The van der Waals surface area contributed by atoms with Gasteiger partial charge in [0.15, 0.2) is 6.61 Å². The van der Waals surface area contributed by atoms with E-state index >= 15 is 0 Å². The summed E-state index contributed by atoms with van der Waals surface area (Å²) in [5.74, 6) is 1.27. The largest absolute Gasteiger partial charge is 0.484 e. The Morgan fingerprint density at radius 2 is 1.79 bits per heavy atom. The fraction of sp³-hybridized carbons (Fsp3) is 0.273. The van der Waals surface area contributed by atoms with Crippen LogP contribution < -0.4 is 9.47 Å². The molecule has 7 heteroatoms. The van der Waals surface area contributed by atoms with Gasteiger partial charge in [0.2, 0.25) is 5.88 Å². The van der Waals surface area contributed by atoms with Crippen molar-refractivity contribution < 1.29 is 19.0 Å². The van der Waals surface area contributed by atoms with Crippen molar-refractivity contribution in [2.24, 2.45) is 0 Å².